The summed E-state index contributed by atoms with van der Waals surface area (Å²) in [6.07, 6.45) is 5.20. The molecule has 0 bridgehead atoms. The first-order chi connectivity index (χ1) is 10.3. The first-order valence-corrected chi connectivity index (χ1v) is 8.09. The molecule has 1 N–H and O–H groups in total. The first-order valence-electron chi connectivity index (χ1n) is 8.09. The third-order valence-corrected chi connectivity index (χ3v) is 5.07. The van der Waals surface area contributed by atoms with Crippen molar-refractivity contribution < 1.29 is 5.11 Å². The Morgan fingerprint density at radius 3 is 2.14 bits per heavy atom. The Morgan fingerprint density at radius 1 is 0.952 bits per heavy atom. The molecule has 0 spiro atoms. The van der Waals surface area contributed by atoms with Gasteiger partial charge in [0.25, 0.3) is 0 Å². The van der Waals surface area contributed by atoms with Gasteiger partial charge in [-0.05, 0) is 36.0 Å². The smallest absolute Gasteiger partial charge is 0.0886 e. The van der Waals surface area contributed by atoms with Crippen LogP contribution in [0.15, 0.2) is 54.6 Å². The van der Waals surface area contributed by atoms with Gasteiger partial charge in [-0.15, -0.1) is 0 Å². The lowest BCUT2D eigenvalue weighted by molar-refractivity contribution is 0.0822. The van der Waals surface area contributed by atoms with Crippen molar-refractivity contribution in [1.29, 1.82) is 0 Å². The highest BCUT2D eigenvalue weighted by molar-refractivity contribution is 5.34. The number of benzene rings is 2. The molecule has 0 radical (unpaired) electrons. The Balaban J connectivity index is 1.97. The summed E-state index contributed by atoms with van der Waals surface area (Å²) < 4.78 is 0. The maximum atomic E-state index is 11.1. The van der Waals surface area contributed by atoms with Crippen LogP contribution in [0.25, 0.3) is 0 Å². The van der Waals surface area contributed by atoms with E-state index in [9.17, 15) is 5.11 Å². The highest BCUT2D eigenvalue weighted by Crippen LogP contribution is 2.49. The minimum atomic E-state index is -0.409. The molecule has 1 atom stereocenters. The van der Waals surface area contributed by atoms with Crippen LogP contribution in [0.5, 0.6) is 0 Å². The molecule has 110 valence electrons. The van der Waals surface area contributed by atoms with Gasteiger partial charge in [-0.25, -0.2) is 0 Å². The van der Waals surface area contributed by atoms with Gasteiger partial charge < -0.3 is 5.11 Å². The molecule has 1 aliphatic rings. The second kappa shape index (κ2) is 6.03. The van der Waals surface area contributed by atoms with Crippen molar-refractivity contribution in [3.05, 3.63) is 71.3 Å². The normalized spacial score (nSPS) is 18.6. The minimum Gasteiger partial charge on any atom is -0.387 e. The maximum absolute atomic E-state index is 11.1. The Bertz CT molecular complexity index is 565. The Kier molecular flexibility index (Phi) is 4.12. The van der Waals surface area contributed by atoms with Crippen molar-refractivity contribution >= 4 is 0 Å². The largest absolute Gasteiger partial charge is 0.387 e. The number of aliphatic hydroxyl groups is 1. The van der Waals surface area contributed by atoms with Gasteiger partial charge in [-0.1, -0.05) is 74.4 Å². The molecule has 0 saturated heterocycles. The van der Waals surface area contributed by atoms with E-state index >= 15 is 0 Å². The molecule has 1 fully saturated rings. The molecule has 0 amide bonds. The molecule has 2 aromatic carbocycles. The molecule has 1 saturated carbocycles. The van der Waals surface area contributed by atoms with Crippen LogP contribution < -0.4 is 0 Å². The summed E-state index contributed by atoms with van der Waals surface area (Å²) in [6, 6.07) is 19.1. The Morgan fingerprint density at radius 2 is 1.57 bits per heavy atom. The first kappa shape index (κ1) is 14.3. The van der Waals surface area contributed by atoms with Crippen molar-refractivity contribution in [1.82, 2.24) is 0 Å². The summed E-state index contributed by atoms with van der Waals surface area (Å²) >= 11 is 0. The van der Waals surface area contributed by atoms with Crippen LogP contribution >= 0.6 is 0 Å². The second-order valence-electron chi connectivity index (χ2n) is 6.23. The standard InChI is InChI=1S/C20H24O/c1-2-16-10-12-17(13-11-16)19(21)20(14-6-7-15-20)18-8-4-3-5-9-18/h3-5,8-13,19,21H,2,6-7,14-15H2,1H3. The number of aliphatic hydroxyl groups excluding tert-OH is 1. The lowest BCUT2D eigenvalue weighted by Gasteiger charge is -2.35. The third kappa shape index (κ3) is 2.63. The van der Waals surface area contributed by atoms with Gasteiger partial charge >= 0.3 is 0 Å². The predicted octanol–water partition coefficient (Wildman–Crippen LogP) is 4.79. The predicted molar refractivity (Wildman–Crippen MR) is 87.4 cm³/mol. The van der Waals surface area contributed by atoms with Crippen LogP contribution in [-0.4, -0.2) is 5.11 Å². The molecule has 0 heterocycles. The van der Waals surface area contributed by atoms with Crippen molar-refractivity contribution in [3.63, 3.8) is 0 Å². The van der Waals surface area contributed by atoms with Gasteiger partial charge in [0, 0.05) is 5.41 Å². The summed E-state index contributed by atoms with van der Waals surface area (Å²) in [4.78, 5) is 0. The second-order valence-corrected chi connectivity index (χ2v) is 6.23. The fourth-order valence-electron chi connectivity index (χ4n) is 3.75. The molecule has 0 aromatic heterocycles. The van der Waals surface area contributed by atoms with E-state index in [-0.39, 0.29) is 5.41 Å². The van der Waals surface area contributed by atoms with E-state index < -0.39 is 6.10 Å². The SMILES string of the molecule is CCc1ccc(C(O)C2(c3ccccc3)CCCC2)cc1. The summed E-state index contributed by atoms with van der Waals surface area (Å²) in [5.41, 5.74) is 3.56. The number of hydrogen-bond donors (Lipinski definition) is 1. The van der Waals surface area contributed by atoms with Crippen LogP contribution in [0.3, 0.4) is 0 Å². The summed E-state index contributed by atoms with van der Waals surface area (Å²) in [5, 5.41) is 11.1. The lowest BCUT2D eigenvalue weighted by Crippen LogP contribution is -2.30. The van der Waals surface area contributed by atoms with Crippen molar-refractivity contribution in [2.24, 2.45) is 0 Å². The van der Waals surface area contributed by atoms with Crippen LogP contribution in [0, 0.1) is 0 Å². The monoisotopic (exact) mass is 280 g/mol. The highest BCUT2D eigenvalue weighted by Gasteiger charge is 2.42. The zero-order valence-electron chi connectivity index (χ0n) is 12.8. The van der Waals surface area contributed by atoms with E-state index in [1.54, 1.807) is 0 Å². The molecule has 0 aliphatic heterocycles. The van der Waals surface area contributed by atoms with Crippen molar-refractivity contribution in [2.45, 2.75) is 50.5 Å². The maximum Gasteiger partial charge on any atom is 0.0886 e. The Hall–Kier alpha value is -1.60. The van der Waals surface area contributed by atoms with Crippen molar-refractivity contribution in [3.8, 4) is 0 Å². The molecule has 21 heavy (non-hydrogen) atoms. The van der Waals surface area contributed by atoms with E-state index in [1.807, 2.05) is 0 Å². The van der Waals surface area contributed by atoms with E-state index in [0.717, 1.165) is 24.8 Å². The molecule has 1 nitrogen and oxygen atoms in total. The molecule has 1 heteroatoms. The zero-order valence-corrected chi connectivity index (χ0v) is 12.8. The zero-order chi connectivity index (χ0) is 14.7. The van der Waals surface area contributed by atoms with E-state index in [2.05, 4.69) is 61.5 Å². The average molecular weight is 280 g/mol. The molecule has 2 aromatic rings. The molecule has 1 unspecified atom stereocenters. The molecule has 3 rings (SSSR count). The number of rotatable bonds is 4. The third-order valence-electron chi connectivity index (χ3n) is 5.07. The fourth-order valence-corrected chi connectivity index (χ4v) is 3.75. The van der Waals surface area contributed by atoms with Gasteiger partial charge in [0.05, 0.1) is 6.10 Å². The molecular formula is C20H24O. The lowest BCUT2D eigenvalue weighted by atomic mass is 9.72. The van der Waals surface area contributed by atoms with E-state index in [4.69, 9.17) is 0 Å². The average Bonchev–Trinajstić information content (AvgIpc) is 3.06. The van der Waals surface area contributed by atoms with Gasteiger partial charge in [0.15, 0.2) is 0 Å². The highest BCUT2D eigenvalue weighted by atomic mass is 16.3. The number of aryl methyl sites for hydroxylation is 1. The number of hydrogen-bond acceptors (Lipinski definition) is 1. The van der Waals surface area contributed by atoms with Gasteiger partial charge in [-0.2, -0.15) is 0 Å². The van der Waals surface area contributed by atoms with Crippen LogP contribution in [0.1, 0.15) is 55.4 Å². The van der Waals surface area contributed by atoms with Gasteiger partial charge in [-0.3, -0.25) is 0 Å². The summed E-state index contributed by atoms with van der Waals surface area (Å²) in [5.74, 6) is 0. The fraction of sp³-hybridized carbons (Fsp3) is 0.400. The quantitative estimate of drug-likeness (QED) is 0.853. The summed E-state index contributed by atoms with van der Waals surface area (Å²) in [7, 11) is 0. The van der Waals surface area contributed by atoms with Crippen LogP contribution in [0.2, 0.25) is 0 Å². The Labute approximate surface area is 127 Å². The van der Waals surface area contributed by atoms with Crippen LogP contribution in [0.4, 0.5) is 0 Å². The molecule has 1 aliphatic carbocycles. The summed E-state index contributed by atoms with van der Waals surface area (Å²) in [6.45, 7) is 2.16. The minimum absolute atomic E-state index is 0.102. The van der Waals surface area contributed by atoms with Crippen molar-refractivity contribution in [2.75, 3.05) is 0 Å². The topological polar surface area (TPSA) is 20.2 Å². The van der Waals surface area contributed by atoms with Gasteiger partial charge in [0.2, 0.25) is 0 Å². The van der Waals surface area contributed by atoms with Crippen LogP contribution in [-0.2, 0) is 11.8 Å². The van der Waals surface area contributed by atoms with E-state index in [1.165, 1.54) is 24.0 Å². The molecular weight excluding hydrogens is 256 g/mol. The van der Waals surface area contributed by atoms with E-state index in [0.29, 0.717) is 0 Å². The van der Waals surface area contributed by atoms with Gasteiger partial charge in [0.1, 0.15) is 0 Å².